The lowest BCUT2D eigenvalue weighted by molar-refractivity contribution is 0.0509. The SMILES string of the molecule is CC(C)n1ncc2c(N3CC[C@@H](NC(=O)OC(C)(C)C)C3)c(N)ccc21. The molecule has 142 valence electrons. The number of nitrogen functional groups attached to an aromatic ring is 1. The second-order valence-corrected chi connectivity index (χ2v) is 8.20. The number of anilines is 2. The van der Waals surface area contributed by atoms with Gasteiger partial charge < -0.3 is 20.7 Å². The highest BCUT2D eigenvalue weighted by atomic mass is 16.6. The zero-order chi connectivity index (χ0) is 19.1. The van der Waals surface area contributed by atoms with Crippen molar-refractivity contribution in [3.8, 4) is 0 Å². The first-order valence-electron chi connectivity index (χ1n) is 9.16. The molecule has 1 fully saturated rings. The molecule has 1 aromatic heterocycles. The normalized spacial score (nSPS) is 17.9. The Balaban J connectivity index is 1.78. The van der Waals surface area contributed by atoms with E-state index in [0.717, 1.165) is 35.2 Å². The molecule has 0 bridgehead atoms. The van der Waals surface area contributed by atoms with Crippen molar-refractivity contribution in [1.29, 1.82) is 0 Å². The van der Waals surface area contributed by atoms with Crippen molar-refractivity contribution in [3.63, 3.8) is 0 Å². The summed E-state index contributed by atoms with van der Waals surface area (Å²) in [6.45, 7) is 11.3. The van der Waals surface area contributed by atoms with Gasteiger partial charge in [-0.25, -0.2) is 4.79 Å². The zero-order valence-electron chi connectivity index (χ0n) is 16.2. The van der Waals surface area contributed by atoms with E-state index in [-0.39, 0.29) is 18.2 Å². The fourth-order valence-electron chi connectivity index (χ4n) is 3.44. The summed E-state index contributed by atoms with van der Waals surface area (Å²) in [6, 6.07) is 4.28. The summed E-state index contributed by atoms with van der Waals surface area (Å²) in [5.74, 6) is 0. The molecular formula is C19H29N5O2. The monoisotopic (exact) mass is 359 g/mol. The van der Waals surface area contributed by atoms with Gasteiger partial charge in [0.25, 0.3) is 0 Å². The number of aromatic nitrogens is 2. The fourth-order valence-corrected chi connectivity index (χ4v) is 3.44. The van der Waals surface area contributed by atoms with Crippen LogP contribution in [0.5, 0.6) is 0 Å². The maximum Gasteiger partial charge on any atom is 0.407 e. The molecule has 1 amide bonds. The molecule has 2 heterocycles. The van der Waals surface area contributed by atoms with Crippen LogP contribution in [-0.4, -0.2) is 40.6 Å². The predicted molar refractivity (Wildman–Crippen MR) is 105 cm³/mol. The van der Waals surface area contributed by atoms with Gasteiger partial charge in [-0.1, -0.05) is 0 Å². The first kappa shape index (κ1) is 18.4. The molecule has 1 saturated heterocycles. The van der Waals surface area contributed by atoms with Crippen LogP contribution in [-0.2, 0) is 4.74 Å². The van der Waals surface area contributed by atoms with Crippen LogP contribution >= 0.6 is 0 Å². The number of rotatable bonds is 3. The quantitative estimate of drug-likeness (QED) is 0.821. The number of hydrogen-bond acceptors (Lipinski definition) is 5. The lowest BCUT2D eigenvalue weighted by atomic mass is 10.1. The van der Waals surface area contributed by atoms with E-state index in [2.05, 4.69) is 29.2 Å². The number of carbonyl (C=O) groups is 1. The maximum atomic E-state index is 12.0. The summed E-state index contributed by atoms with van der Waals surface area (Å²) < 4.78 is 7.36. The second kappa shape index (κ2) is 6.70. The van der Waals surface area contributed by atoms with Gasteiger partial charge in [0.1, 0.15) is 5.60 Å². The summed E-state index contributed by atoms with van der Waals surface area (Å²) in [5.41, 5.74) is 8.61. The highest BCUT2D eigenvalue weighted by molar-refractivity contribution is 5.98. The zero-order valence-corrected chi connectivity index (χ0v) is 16.2. The van der Waals surface area contributed by atoms with Crippen LogP contribution in [0.3, 0.4) is 0 Å². The molecule has 0 radical (unpaired) electrons. The summed E-state index contributed by atoms with van der Waals surface area (Å²) in [6.07, 6.45) is 2.37. The first-order chi connectivity index (χ1) is 12.2. The van der Waals surface area contributed by atoms with Crippen LogP contribution in [0.15, 0.2) is 18.3 Å². The van der Waals surface area contributed by atoms with E-state index in [1.807, 2.05) is 43.8 Å². The minimum absolute atomic E-state index is 0.0413. The maximum absolute atomic E-state index is 12.0. The van der Waals surface area contributed by atoms with E-state index in [0.29, 0.717) is 6.54 Å². The Morgan fingerprint density at radius 2 is 2.12 bits per heavy atom. The molecule has 1 aromatic carbocycles. The number of hydrogen-bond donors (Lipinski definition) is 2. The highest BCUT2D eigenvalue weighted by Gasteiger charge is 2.28. The number of nitrogens with one attached hydrogen (secondary N) is 1. The van der Waals surface area contributed by atoms with Crippen molar-refractivity contribution in [3.05, 3.63) is 18.3 Å². The van der Waals surface area contributed by atoms with E-state index in [1.165, 1.54) is 0 Å². The summed E-state index contributed by atoms with van der Waals surface area (Å²) in [5, 5.41) is 8.53. The number of fused-ring (bicyclic) bond motifs is 1. The Bertz CT molecular complexity index is 806. The Kier molecular flexibility index (Phi) is 4.73. The third kappa shape index (κ3) is 3.71. The number of nitrogens with two attached hydrogens (primary N) is 1. The van der Waals surface area contributed by atoms with E-state index in [1.54, 1.807) is 0 Å². The minimum Gasteiger partial charge on any atom is -0.444 e. The van der Waals surface area contributed by atoms with E-state index >= 15 is 0 Å². The number of alkyl carbamates (subject to hydrolysis) is 1. The molecule has 3 rings (SSSR count). The predicted octanol–water partition coefficient (Wildman–Crippen LogP) is 3.30. The van der Waals surface area contributed by atoms with Crippen molar-refractivity contribution in [2.45, 2.75) is 58.7 Å². The van der Waals surface area contributed by atoms with Crippen LogP contribution < -0.4 is 16.0 Å². The third-order valence-electron chi connectivity index (χ3n) is 4.50. The fraction of sp³-hybridized carbons (Fsp3) is 0.579. The standard InChI is InChI=1S/C19H29N5O2/c1-12(2)24-16-7-6-15(20)17(14(16)10-21-24)23-9-8-13(11-23)22-18(25)26-19(3,4)5/h6-7,10,12-13H,8-9,11,20H2,1-5H3,(H,22,25)/t13-/m1/s1. The highest BCUT2D eigenvalue weighted by Crippen LogP contribution is 2.35. The second-order valence-electron chi connectivity index (χ2n) is 8.20. The van der Waals surface area contributed by atoms with Gasteiger partial charge in [0, 0.05) is 24.5 Å². The molecule has 1 aliphatic heterocycles. The summed E-state index contributed by atoms with van der Waals surface area (Å²) >= 11 is 0. The van der Waals surface area contributed by atoms with Gasteiger partial charge in [0.05, 0.1) is 29.1 Å². The number of carbonyl (C=O) groups excluding carboxylic acids is 1. The van der Waals surface area contributed by atoms with Gasteiger partial charge in [0.2, 0.25) is 0 Å². The van der Waals surface area contributed by atoms with Gasteiger partial charge >= 0.3 is 6.09 Å². The summed E-state index contributed by atoms with van der Waals surface area (Å²) in [4.78, 5) is 14.3. The largest absolute Gasteiger partial charge is 0.444 e. The Morgan fingerprint density at radius 3 is 2.77 bits per heavy atom. The van der Waals surface area contributed by atoms with Crippen LogP contribution in [0, 0.1) is 0 Å². The Hall–Kier alpha value is -2.44. The van der Waals surface area contributed by atoms with Crippen molar-refractivity contribution >= 4 is 28.4 Å². The van der Waals surface area contributed by atoms with Crippen LogP contribution in [0.4, 0.5) is 16.2 Å². The van der Waals surface area contributed by atoms with Gasteiger partial charge in [-0.3, -0.25) is 4.68 Å². The van der Waals surface area contributed by atoms with Crippen molar-refractivity contribution < 1.29 is 9.53 Å². The average molecular weight is 359 g/mol. The minimum atomic E-state index is -0.496. The molecular weight excluding hydrogens is 330 g/mol. The lowest BCUT2D eigenvalue weighted by Gasteiger charge is -2.23. The number of benzene rings is 1. The van der Waals surface area contributed by atoms with E-state index in [9.17, 15) is 4.79 Å². The van der Waals surface area contributed by atoms with Crippen LogP contribution in [0.2, 0.25) is 0 Å². The topological polar surface area (TPSA) is 85.4 Å². The summed E-state index contributed by atoms with van der Waals surface area (Å²) in [7, 11) is 0. The van der Waals surface area contributed by atoms with Gasteiger partial charge in [-0.15, -0.1) is 0 Å². The molecule has 7 heteroatoms. The number of ether oxygens (including phenoxy) is 1. The Labute approximate surface area is 154 Å². The van der Waals surface area contributed by atoms with Gasteiger partial charge in [-0.05, 0) is 53.2 Å². The molecule has 26 heavy (non-hydrogen) atoms. The molecule has 0 spiro atoms. The van der Waals surface area contributed by atoms with Crippen molar-refractivity contribution in [2.75, 3.05) is 23.7 Å². The molecule has 0 saturated carbocycles. The van der Waals surface area contributed by atoms with E-state index < -0.39 is 5.60 Å². The van der Waals surface area contributed by atoms with Crippen molar-refractivity contribution in [2.24, 2.45) is 0 Å². The smallest absolute Gasteiger partial charge is 0.407 e. The molecule has 1 atom stereocenters. The van der Waals surface area contributed by atoms with Crippen LogP contribution in [0.1, 0.15) is 47.1 Å². The van der Waals surface area contributed by atoms with Gasteiger partial charge in [-0.2, -0.15) is 5.10 Å². The molecule has 1 aliphatic rings. The van der Waals surface area contributed by atoms with Crippen LogP contribution in [0.25, 0.3) is 10.9 Å². The Morgan fingerprint density at radius 1 is 1.38 bits per heavy atom. The van der Waals surface area contributed by atoms with E-state index in [4.69, 9.17) is 10.5 Å². The lowest BCUT2D eigenvalue weighted by Crippen LogP contribution is -2.40. The molecule has 0 unspecified atom stereocenters. The van der Waals surface area contributed by atoms with Crippen molar-refractivity contribution in [1.82, 2.24) is 15.1 Å². The third-order valence-corrected chi connectivity index (χ3v) is 4.50. The molecule has 7 nitrogen and oxygen atoms in total. The molecule has 0 aliphatic carbocycles. The molecule has 2 aromatic rings. The first-order valence-corrected chi connectivity index (χ1v) is 9.16. The van der Waals surface area contributed by atoms with Gasteiger partial charge in [0.15, 0.2) is 0 Å². The average Bonchev–Trinajstić information content (AvgIpc) is 3.11. The number of amides is 1. The number of nitrogens with zero attached hydrogens (tertiary/aromatic N) is 3. The molecule has 3 N–H and O–H groups in total.